The quantitative estimate of drug-likeness (QED) is 0.942. The van der Waals surface area contributed by atoms with Crippen molar-refractivity contribution in [2.24, 2.45) is 0 Å². The van der Waals surface area contributed by atoms with E-state index in [-0.39, 0.29) is 16.5 Å². The Balaban J connectivity index is 2.18. The molecule has 2 aromatic rings. The topological polar surface area (TPSA) is 59.1 Å². The zero-order valence-electron chi connectivity index (χ0n) is 9.85. The lowest BCUT2D eigenvalue weighted by Gasteiger charge is -2.07. The molecule has 1 heterocycles. The lowest BCUT2D eigenvalue weighted by Crippen LogP contribution is -2.23. The van der Waals surface area contributed by atoms with Gasteiger partial charge in [0.1, 0.15) is 10.7 Å². The van der Waals surface area contributed by atoms with Crippen LogP contribution < -0.4 is 4.72 Å². The summed E-state index contributed by atoms with van der Waals surface area (Å²) in [6.45, 7) is 1.90. The first-order chi connectivity index (χ1) is 8.88. The predicted octanol–water partition coefficient (Wildman–Crippen LogP) is 2.72. The molecule has 4 nitrogen and oxygen atoms in total. The average molecular weight is 321 g/mol. The normalized spacial score (nSPS) is 11.7. The summed E-state index contributed by atoms with van der Waals surface area (Å²) in [5.41, 5.74) is 0.629. The summed E-state index contributed by atoms with van der Waals surface area (Å²) in [6.07, 6.45) is 0. The van der Waals surface area contributed by atoms with Crippen LogP contribution in [0.2, 0.25) is 5.02 Å². The van der Waals surface area contributed by atoms with Gasteiger partial charge in [0.2, 0.25) is 10.0 Å². The maximum atomic E-state index is 12.9. The third-order valence-corrected chi connectivity index (χ3v) is 5.00. The summed E-state index contributed by atoms with van der Waals surface area (Å²) in [7, 11) is -3.78. The van der Waals surface area contributed by atoms with Crippen molar-refractivity contribution in [2.45, 2.75) is 18.4 Å². The van der Waals surface area contributed by atoms with E-state index in [1.54, 1.807) is 5.38 Å². The van der Waals surface area contributed by atoms with Crippen LogP contribution in [0, 0.1) is 12.7 Å². The molecule has 0 aliphatic carbocycles. The molecule has 1 N–H and O–H groups in total. The van der Waals surface area contributed by atoms with Crippen molar-refractivity contribution in [1.29, 1.82) is 0 Å². The Morgan fingerprint density at radius 3 is 2.79 bits per heavy atom. The fourth-order valence-electron chi connectivity index (χ4n) is 1.43. The molecule has 8 heteroatoms. The number of hydrogen-bond acceptors (Lipinski definition) is 4. The van der Waals surface area contributed by atoms with E-state index < -0.39 is 15.8 Å². The molecule has 0 atom stereocenters. The van der Waals surface area contributed by atoms with Crippen LogP contribution in [0.15, 0.2) is 28.5 Å². The van der Waals surface area contributed by atoms with Gasteiger partial charge in [-0.2, -0.15) is 0 Å². The maximum Gasteiger partial charge on any atom is 0.242 e. The zero-order valence-corrected chi connectivity index (χ0v) is 12.2. The highest BCUT2D eigenvalue weighted by molar-refractivity contribution is 7.89. The van der Waals surface area contributed by atoms with Crippen molar-refractivity contribution < 1.29 is 12.8 Å². The molecule has 0 unspecified atom stereocenters. The van der Waals surface area contributed by atoms with E-state index in [2.05, 4.69) is 9.71 Å². The van der Waals surface area contributed by atoms with Crippen LogP contribution in [-0.4, -0.2) is 13.4 Å². The highest BCUT2D eigenvalue weighted by atomic mass is 35.5. The zero-order chi connectivity index (χ0) is 14.0. The molecule has 0 fully saturated rings. The molecule has 0 aliphatic heterocycles. The Labute approximate surface area is 119 Å². The van der Waals surface area contributed by atoms with Crippen LogP contribution >= 0.6 is 22.9 Å². The van der Waals surface area contributed by atoms with Gasteiger partial charge in [-0.3, -0.25) is 0 Å². The summed E-state index contributed by atoms with van der Waals surface area (Å²) in [6, 6.07) is 3.14. The second-order valence-electron chi connectivity index (χ2n) is 3.76. The second kappa shape index (κ2) is 5.54. The Hall–Kier alpha value is -1.02. The van der Waals surface area contributed by atoms with E-state index in [9.17, 15) is 12.8 Å². The first-order valence-electron chi connectivity index (χ1n) is 5.24. The molecule has 0 amide bonds. The van der Waals surface area contributed by atoms with Crippen LogP contribution in [0.1, 0.15) is 10.7 Å². The van der Waals surface area contributed by atoms with Gasteiger partial charge in [-0.1, -0.05) is 11.6 Å². The number of nitrogens with zero attached hydrogens (tertiary/aromatic N) is 1. The number of aromatic nitrogens is 1. The molecule has 0 saturated heterocycles. The minimum absolute atomic E-state index is 0.0698. The maximum absolute atomic E-state index is 12.9. The van der Waals surface area contributed by atoms with Crippen molar-refractivity contribution in [3.63, 3.8) is 0 Å². The highest BCUT2D eigenvalue weighted by Crippen LogP contribution is 2.22. The molecule has 102 valence electrons. The van der Waals surface area contributed by atoms with Crippen molar-refractivity contribution in [3.8, 4) is 0 Å². The molecular formula is C11H10ClFN2O2S2. The molecule has 0 radical (unpaired) electrons. The summed E-state index contributed by atoms with van der Waals surface area (Å²) < 4.78 is 39.3. The summed E-state index contributed by atoms with van der Waals surface area (Å²) in [5.74, 6) is -0.584. The van der Waals surface area contributed by atoms with Crippen LogP contribution in [0.3, 0.4) is 0 Å². The largest absolute Gasteiger partial charge is 0.245 e. The van der Waals surface area contributed by atoms with Gasteiger partial charge in [-0.05, 0) is 25.1 Å². The third kappa shape index (κ3) is 3.50. The number of rotatable bonds is 4. The smallest absolute Gasteiger partial charge is 0.242 e. The summed E-state index contributed by atoms with van der Waals surface area (Å²) in [4.78, 5) is 3.99. The van der Waals surface area contributed by atoms with Gasteiger partial charge >= 0.3 is 0 Å². The third-order valence-electron chi connectivity index (χ3n) is 2.29. The lowest BCUT2D eigenvalue weighted by atomic mass is 10.3. The molecule has 0 saturated carbocycles. The molecule has 2 rings (SSSR count). The van der Waals surface area contributed by atoms with Gasteiger partial charge in [-0.25, -0.2) is 22.5 Å². The predicted molar refractivity (Wildman–Crippen MR) is 72.3 cm³/mol. The van der Waals surface area contributed by atoms with Crippen molar-refractivity contribution >= 4 is 33.0 Å². The molecule has 0 aliphatic rings. The number of aryl methyl sites for hydroxylation is 1. The minimum atomic E-state index is -3.78. The number of thiazole rings is 1. The first-order valence-corrected chi connectivity index (χ1v) is 7.98. The van der Waals surface area contributed by atoms with Crippen LogP contribution in [-0.2, 0) is 16.6 Å². The Bertz CT molecular complexity index is 700. The standard InChI is InChI=1S/C11H10ClFN2O2S2/c1-7-15-9(6-18-7)5-14-19(16,17)11-3-2-8(13)4-10(11)12/h2-4,6,14H,5H2,1H3. The molecule has 0 spiro atoms. The molecular weight excluding hydrogens is 311 g/mol. The van der Waals surface area contributed by atoms with E-state index in [0.29, 0.717) is 5.69 Å². The van der Waals surface area contributed by atoms with Gasteiger partial charge in [0.15, 0.2) is 0 Å². The van der Waals surface area contributed by atoms with Gasteiger partial charge in [0.25, 0.3) is 0 Å². The van der Waals surface area contributed by atoms with Crippen LogP contribution in [0.4, 0.5) is 4.39 Å². The van der Waals surface area contributed by atoms with E-state index in [0.717, 1.165) is 23.2 Å². The fraction of sp³-hybridized carbons (Fsp3) is 0.182. The molecule has 1 aromatic heterocycles. The van der Waals surface area contributed by atoms with Crippen LogP contribution in [0.5, 0.6) is 0 Å². The van der Waals surface area contributed by atoms with Crippen LogP contribution in [0.25, 0.3) is 0 Å². The van der Waals surface area contributed by atoms with E-state index >= 15 is 0 Å². The van der Waals surface area contributed by atoms with Gasteiger partial charge in [0, 0.05) is 5.38 Å². The lowest BCUT2D eigenvalue weighted by molar-refractivity contribution is 0.579. The molecule has 1 aromatic carbocycles. The first kappa shape index (κ1) is 14.4. The Kier molecular flexibility index (Phi) is 4.19. The average Bonchev–Trinajstić information content (AvgIpc) is 2.72. The SMILES string of the molecule is Cc1nc(CNS(=O)(=O)c2ccc(F)cc2Cl)cs1. The minimum Gasteiger partial charge on any atom is -0.245 e. The van der Waals surface area contributed by atoms with Gasteiger partial charge in [0.05, 0.1) is 22.3 Å². The van der Waals surface area contributed by atoms with Gasteiger partial charge < -0.3 is 0 Å². The summed E-state index contributed by atoms with van der Waals surface area (Å²) >= 11 is 7.16. The summed E-state index contributed by atoms with van der Waals surface area (Å²) in [5, 5.41) is 2.47. The van der Waals surface area contributed by atoms with Crippen molar-refractivity contribution in [1.82, 2.24) is 9.71 Å². The Morgan fingerprint density at radius 1 is 1.47 bits per heavy atom. The van der Waals surface area contributed by atoms with Crippen molar-refractivity contribution in [3.05, 3.63) is 45.1 Å². The number of hydrogen-bond donors (Lipinski definition) is 1. The number of sulfonamides is 1. The van der Waals surface area contributed by atoms with E-state index in [1.807, 2.05) is 6.92 Å². The van der Waals surface area contributed by atoms with Gasteiger partial charge in [-0.15, -0.1) is 11.3 Å². The fourth-order valence-corrected chi connectivity index (χ4v) is 3.57. The number of nitrogens with one attached hydrogen (secondary N) is 1. The Morgan fingerprint density at radius 2 is 2.21 bits per heavy atom. The molecule has 0 bridgehead atoms. The monoisotopic (exact) mass is 320 g/mol. The van der Waals surface area contributed by atoms with E-state index in [4.69, 9.17) is 11.6 Å². The molecule has 19 heavy (non-hydrogen) atoms. The van der Waals surface area contributed by atoms with Crippen molar-refractivity contribution in [2.75, 3.05) is 0 Å². The number of halogens is 2. The van der Waals surface area contributed by atoms with E-state index in [1.165, 1.54) is 11.3 Å². The highest BCUT2D eigenvalue weighted by Gasteiger charge is 2.18. The second-order valence-corrected chi connectivity index (χ2v) is 6.96. The number of benzene rings is 1.